The summed E-state index contributed by atoms with van der Waals surface area (Å²) in [5.41, 5.74) is 23.4. The van der Waals surface area contributed by atoms with Crippen LogP contribution in [-0.4, -0.2) is 7.28 Å². The summed E-state index contributed by atoms with van der Waals surface area (Å²) in [6.07, 6.45) is 0. The minimum atomic E-state index is -0.447. The number of benzene rings is 10. The van der Waals surface area contributed by atoms with E-state index in [2.05, 4.69) is 235 Å². The largest absolute Gasteiger partial charge is 0.355 e. The van der Waals surface area contributed by atoms with Crippen LogP contribution in [0.25, 0.3) is 55.3 Å². The molecule has 3 aliphatic rings. The molecule has 1 spiro atoms. The summed E-state index contributed by atoms with van der Waals surface area (Å²) in [5.74, 6) is 0. The van der Waals surface area contributed by atoms with Crippen molar-refractivity contribution in [2.75, 3.05) is 10.2 Å². The number of anilines is 5. The van der Waals surface area contributed by atoms with Crippen LogP contribution in [0.5, 0.6) is 0 Å². The van der Waals surface area contributed by atoms with Crippen molar-refractivity contribution < 1.29 is 0 Å². The first kappa shape index (κ1) is 34.9. The van der Waals surface area contributed by atoms with E-state index in [1.165, 1.54) is 106 Å². The van der Waals surface area contributed by atoms with Gasteiger partial charge in [-0.1, -0.05) is 200 Å². The summed E-state index contributed by atoms with van der Waals surface area (Å²) in [7, 11) is 0.808. The Labute approximate surface area is 362 Å². The molecule has 3 heteroatoms. The molecular formula is C59H39BN2. The highest BCUT2D eigenvalue weighted by Gasteiger charge is 2.53. The average molecular weight is 787 g/mol. The lowest BCUT2D eigenvalue weighted by atomic mass is 9.54. The van der Waals surface area contributed by atoms with Crippen molar-refractivity contribution in [3.8, 4) is 44.5 Å². The first-order valence-corrected chi connectivity index (χ1v) is 21.6. The zero-order valence-electron chi connectivity index (χ0n) is 34.0. The zero-order chi connectivity index (χ0) is 40.8. The molecule has 0 unspecified atom stereocenters. The Morgan fingerprint density at radius 3 is 1.71 bits per heavy atom. The third kappa shape index (κ3) is 5.00. The number of nitrogens with zero attached hydrogens (tertiary/aromatic N) is 1. The van der Waals surface area contributed by atoms with Gasteiger partial charge in [0.05, 0.1) is 11.1 Å². The molecule has 0 saturated carbocycles. The van der Waals surface area contributed by atoms with E-state index >= 15 is 0 Å². The van der Waals surface area contributed by atoms with Crippen molar-refractivity contribution in [2.24, 2.45) is 0 Å². The van der Waals surface area contributed by atoms with Gasteiger partial charge in [-0.2, -0.15) is 0 Å². The molecule has 1 aliphatic carbocycles. The van der Waals surface area contributed by atoms with Gasteiger partial charge in [-0.05, 0) is 102 Å². The Bertz CT molecular complexity index is 3360. The monoisotopic (exact) mass is 786 g/mol. The summed E-state index contributed by atoms with van der Waals surface area (Å²) in [6.45, 7) is 0. The molecule has 10 aromatic rings. The van der Waals surface area contributed by atoms with E-state index in [-0.39, 0.29) is 0 Å². The van der Waals surface area contributed by atoms with Crippen LogP contribution in [0.15, 0.2) is 224 Å². The molecule has 2 heterocycles. The molecule has 10 aromatic carbocycles. The van der Waals surface area contributed by atoms with E-state index in [1.54, 1.807) is 0 Å². The summed E-state index contributed by atoms with van der Waals surface area (Å²) >= 11 is 0. The quantitative estimate of drug-likeness (QED) is 0.175. The van der Waals surface area contributed by atoms with Crippen LogP contribution in [0, 0.1) is 0 Å². The standard InChI is InChI=1S/C59H39BN2/c1-3-16-38(17-4-1)40-30-33-43(34-31-40)61-54-37-41(39-18-5-2-6-19-39)32-35-47(54)48-36-42-20-7-8-21-44(42)57-56(48)60-53-28-15-27-52-58(53)62(57)55-29-14-13-26-51(55)59(52)49-24-11-9-22-45(49)46-23-10-12-25-50(46)59/h1-37,60-61H. The minimum Gasteiger partial charge on any atom is -0.355 e. The van der Waals surface area contributed by atoms with Gasteiger partial charge < -0.3 is 10.2 Å². The zero-order valence-corrected chi connectivity index (χ0v) is 34.0. The Morgan fingerprint density at radius 1 is 0.387 bits per heavy atom. The molecule has 62 heavy (non-hydrogen) atoms. The fraction of sp³-hybridized carbons (Fsp3) is 0.0169. The maximum atomic E-state index is 3.93. The first-order valence-electron chi connectivity index (χ1n) is 21.6. The first-order chi connectivity index (χ1) is 30.8. The highest BCUT2D eigenvalue weighted by molar-refractivity contribution is 6.74. The fourth-order valence-corrected chi connectivity index (χ4v) is 11.1. The molecule has 1 N–H and O–H groups in total. The molecule has 0 amide bonds. The second-order valence-corrected chi connectivity index (χ2v) is 16.9. The summed E-state index contributed by atoms with van der Waals surface area (Å²) in [6, 6.07) is 83.0. The SMILES string of the molecule is B1c2cccc3c2N(c2ccccc2C32c3ccccc3-c3ccccc32)c2c1c(-c1ccc(-c3ccccc3)cc1Nc1ccc(-c3ccccc3)cc1)cc1ccccc21. The van der Waals surface area contributed by atoms with Crippen LogP contribution in [0.1, 0.15) is 22.3 Å². The summed E-state index contributed by atoms with van der Waals surface area (Å²) in [5, 5.41) is 6.42. The molecule has 2 aliphatic heterocycles. The second-order valence-electron chi connectivity index (χ2n) is 16.9. The average Bonchev–Trinajstić information content (AvgIpc) is 3.64. The van der Waals surface area contributed by atoms with Gasteiger partial charge in [0.15, 0.2) is 7.28 Å². The summed E-state index contributed by atoms with van der Waals surface area (Å²) < 4.78 is 0. The van der Waals surface area contributed by atoms with Gasteiger partial charge in [-0.25, -0.2) is 0 Å². The van der Waals surface area contributed by atoms with Crippen molar-refractivity contribution in [3.63, 3.8) is 0 Å². The molecule has 0 aromatic heterocycles. The maximum absolute atomic E-state index is 3.93. The van der Waals surface area contributed by atoms with Crippen LogP contribution in [0.4, 0.5) is 28.4 Å². The van der Waals surface area contributed by atoms with Gasteiger partial charge in [0.2, 0.25) is 0 Å². The Morgan fingerprint density at radius 2 is 0.968 bits per heavy atom. The van der Waals surface area contributed by atoms with E-state index in [0.29, 0.717) is 0 Å². The van der Waals surface area contributed by atoms with Crippen LogP contribution >= 0.6 is 0 Å². The normalized spacial score (nSPS) is 13.4. The predicted octanol–water partition coefficient (Wildman–Crippen LogP) is 13.4. The number of rotatable bonds is 5. The van der Waals surface area contributed by atoms with Crippen molar-refractivity contribution in [2.45, 2.75) is 5.41 Å². The highest BCUT2D eigenvalue weighted by Crippen LogP contribution is 2.63. The lowest BCUT2D eigenvalue weighted by Crippen LogP contribution is -2.47. The van der Waals surface area contributed by atoms with Crippen molar-refractivity contribution in [1.29, 1.82) is 0 Å². The molecule has 0 radical (unpaired) electrons. The smallest absolute Gasteiger partial charge is 0.198 e. The number of hydrogen-bond donors (Lipinski definition) is 1. The van der Waals surface area contributed by atoms with E-state index in [4.69, 9.17) is 0 Å². The van der Waals surface area contributed by atoms with Crippen molar-refractivity contribution in [1.82, 2.24) is 0 Å². The number of para-hydroxylation sites is 2. The van der Waals surface area contributed by atoms with Crippen LogP contribution in [0.2, 0.25) is 0 Å². The van der Waals surface area contributed by atoms with Gasteiger partial charge in [0.1, 0.15) is 0 Å². The maximum Gasteiger partial charge on any atom is 0.198 e. The molecular weight excluding hydrogens is 747 g/mol. The van der Waals surface area contributed by atoms with Gasteiger partial charge in [0.25, 0.3) is 0 Å². The second kappa shape index (κ2) is 13.6. The van der Waals surface area contributed by atoms with E-state index in [0.717, 1.165) is 18.7 Å². The Balaban J connectivity index is 1.05. The van der Waals surface area contributed by atoms with Crippen molar-refractivity contribution in [3.05, 3.63) is 247 Å². The molecule has 13 rings (SSSR count). The number of hydrogen-bond acceptors (Lipinski definition) is 2. The van der Waals surface area contributed by atoms with E-state index in [1.807, 2.05) is 0 Å². The third-order valence-electron chi connectivity index (χ3n) is 13.7. The van der Waals surface area contributed by atoms with E-state index < -0.39 is 5.41 Å². The third-order valence-corrected chi connectivity index (χ3v) is 13.7. The van der Waals surface area contributed by atoms with Crippen molar-refractivity contribution >= 4 is 57.4 Å². The predicted molar refractivity (Wildman–Crippen MR) is 262 cm³/mol. The number of nitrogens with one attached hydrogen (secondary N) is 1. The van der Waals surface area contributed by atoms with Gasteiger partial charge in [-0.15, -0.1) is 0 Å². The minimum absolute atomic E-state index is 0.447. The van der Waals surface area contributed by atoms with E-state index in [9.17, 15) is 0 Å². The van der Waals surface area contributed by atoms with Gasteiger partial charge in [0, 0.05) is 33.7 Å². The molecule has 288 valence electrons. The Kier molecular flexibility index (Phi) is 7.65. The number of fused-ring (bicyclic) bond motifs is 13. The molecule has 0 saturated heterocycles. The summed E-state index contributed by atoms with van der Waals surface area (Å²) in [4.78, 5) is 2.63. The molecule has 0 atom stereocenters. The highest BCUT2D eigenvalue weighted by atomic mass is 15.2. The van der Waals surface area contributed by atoms with Crippen LogP contribution in [0.3, 0.4) is 0 Å². The lowest BCUT2D eigenvalue weighted by Gasteiger charge is -2.48. The van der Waals surface area contributed by atoms with Crippen LogP contribution in [-0.2, 0) is 5.41 Å². The lowest BCUT2D eigenvalue weighted by molar-refractivity contribution is 0.754. The Hall–Kier alpha value is -7.88. The van der Waals surface area contributed by atoms with Crippen LogP contribution < -0.4 is 21.1 Å². The molecule has 2 nitrogen and oxygen atoms in total. The fourth-order valence-electron chi connectivity index (χ4n) is 11.1. The topological polar surface area (TPSA) is 15.3 Å². The van der Waals surface area contributed by atoms with Gasteiger partial charge >= 0.3 is 0 Å². The van der Waals surface area contributed by atoms with Gasteiger partial charge in [-0.3, -0.25) is 0 Å². The molecule has 0 bridgehead atoms. The molecule has 0 fully saturated rings.